The first-order valence-corrected chi connectivity index (χ1v) is 8.00. The summed E-state index contributed by atoms with van der Waals surface area (Å²) >= 11 is 0. The lowest BCUT2D eigenvalue weighted by molar-refractivity contribution is 0.100. The molecule has 1 amide bonds. The van der Waals surface area contributed by atoms with Crippen LogP contribution in [0, 0.1) is 23.2 Å². The lowest BCUT2D eigenvalue weighted by Crippen LogP contribution is -2.11. The van der Waals surface area contributed by atoms with Gasteiger partial charge in [-0.25, -0.2) is 4.39 Å². The van der Waals surface area contributed by atoms with Crippen LogP contribution in [-0.4, -0.2) is 10.5 Å². The third-order valence-corrected chi connectivity index (χ3v) is 4.44. The Kier molecular flexibility index (Phi) is 3.67. The number of benzene rings is 3. The van der Waals surface area contributed by atoms with E-state index in [1.807, 2.05) is 12.1 Å². The Morgan fingerprint density at radius 2 is 2.04 bits per heavy atom. The van der Waals surface area contributed by atoms with Crippen molar-refractivity contribution >= 4 is 27.7 Å². The SMILES string of the molecule is N#Cc1cccc(Cn2c3cccc(C(N)=O)c3c3[c]ccc(F)c32)c1. The van der Waals surface area contributed by atoms with Crippen LogP contribution in [-0.2, 0) is 6.54 Å². The molecule has 1 aromatic heterocycles. The predicted octanol–water partition coefficient (Wildman–Crippen LogP) is 3.75. The highest BCUT2D eigenvalue weighted by molar-refractivity contribution is 6.17. The number of carbonyl (C=O) groups is 1. The first kappa shape index (κ1) is 15.9. The van der Waals surface area contributed by atoms with E-state index in [9.17, 15) is 9.18 Å². The first-order valence-electron chi connectivity index (χ1n) is 8.00. The lowest BCUT2D eigenvalue weighted by atomic mass is 10.1. The van der Waals surface area contributed by atoms with Crippen LogP contribution < -0.4 is 5.73 Å². The minimum Gasteiger partial charge on any atom is -0.366 e. The number of rotatable bonds is 3. The molecule has 125 valence electrons. The van der Waals surface area contributed by atoms with Crippen molar-refractivity contribution in [3.05, 3.63) is 83.2 Å². The second-order valence-electron chi connectivity index (χ2n) is 6.01. The monoisotopic (exact) mass is 342 g/mol. The summed E-state index contributed by atoms with van der Waals surface area (Å²) in [7, 11) is 0. The van der Waals surface area contributed by atoms with Crippen LogP contribution in [0.4, 0.5) is 4.39 Å². The Hall–Kier alpha value is -3.65. The van der Waals surface area contributed by atoms with Crippen molar-refractivity contribution in [3.63, 3.8) is 0 Å². The normalized spacial score (nSPS) is 10.9. The maximum Gasteiger partial charge on any atom is 0.249 e. The molecule has 0 saturated carbocycles. The van der Waals surface area contributed by atoms with Gasteiger partial charge in [0.05, 0.1) is 22.7 Å². The molecule has 0 atom stereocenters. The molecule has 1 heterocycles. The summed E-state index contributed by atoms with van der Waals surface area (Å²) in [6, 6.07) is 20.3. The highest BCUT2D eigenvalue weighted by Gasteiger charge is 2.18. The fourth-order valence-electron chi connectivity index (χ4n) is 3.36. The van der Waals surface area contributed by atoms with Gasteiger partial charge in [0.2, 0.25) is 5.91 Å². The maximum atomic E-state index is 14.7. The zero-order valence-corrected chi connectivity index (χ0v) is 13.7. The summed E-state index contributed by atoms with van der Waals surface area (Å²) in [5, 5.41) is 10.2. The number of hydrogen-bond donors (Lipinski definition) is 1. The molecule has 5 heteroatoms. The summed E-state index contributed by atoms with van der Waals surface area (Å²) < 4.78 is 16.4. The van der Waals surface area contributed by atoms with Crippen molar-refractivity contribution in [1.29, 1.82) is 5.26 Å². The van der Waals surface area contributed by atoms with Crippen LogP contribution in [0.1, 0.15) is 21.5 Å². The van der Waals surface area contributed by atoms with E-state index in [1.165, 1.54) is 12.1 Å². The third-order valence-electron chi connectivity index (χ3n) is 4.44. The molecule has 4 aromatic rings. The van der Waals surface area contributed by atoms with Crippen molar-refractivity contribution in [2.75, 3.05) is 0 Å². The van der Waals surface area contributed by atoms with Crippen molar-refractivity contribution in [2.45, 2.75) is 6.54 Å². The van der Waals surface area contributed by atoms with E-state index < -0.39 is 11.7 Å². The topological polar surface area (TPSA) is 71.8 Å². The first-order chi connectivity index (χ1) is 12.6. The number of nitrogens with zero attached hydrogens (tertiary/aromatic N) is 2. The van der Waals surface area contributed by atoms with Gasteiger partial charge in [0.15, 0.2) is 0 Å². The Morgan fingerprint density at radius 1 is 1.23 bits per heavy atom. The van der Waals surface area contributed by atoms with E-state index in [0.717, 1.165) is 5.56 Å². The highest BCUT2D eigenvalue weighted by Crippen LogP contribution is 2.33. The molecule has 26 heavy (non-hydrogen) atoms. The number of aromatic nitrogens is 1. The van der Waals surface area contributed by atoms with Crippen molar-refractivity contribution in [3.8, 4) is 6.07 Å². The zero-order valence-electron chi connectivity index (χ0n) is 13.7. The lowest BCUT2D eigenvalue weighted by Gasteiger charge is -2.09. The second kappa shape index (κ2) is 6.01. The van der Waals surface area contributed by atoms with Gasteiger partial charge in [0.25, 0.3) is 0 Å². The van der Waals surface area contributed by atoms with Crippen LogP contribution in [0.15, 0.2) is 54.6 Å². The number of primary amides is 1. The molecule has 0 unspecified atom stereocenters. The van der Waals surface area contributed by atoms with Gasteiger partial charge in [-0.05, 0) is 42.0 Å². The number of carbonyl (C=O) groups excluding carboxylic acids is 1. The molecular weight excluding hydrogens is 329 g/mol. The van der Waals surface area contributed by atoms with E-state index >= 15 is 0 Å². The average molecular weight is 342 g/mol. The molecule has 0 bridgehead atoms. The second-order valence-corrected chi connectivity index (χ2v) is 6.01. The maximum absolute atomic E-state index is 14.7. The fourth-order valence-corrected chi connectivity index (χ4v) is 3.36. The van der Waals surface area contributed by atoms with Crippen LogP contribution >= 0.6 is 0 Å². The minimum absolute atomic E-state index is 0.332. The summed E-state index contributed by atoms with van der Waals surface area (Å²) in [5.41, 5.74) is 8.30. The standard InChI is InChI=1S/C21H13FN3O/c22-17-8-2-6-15-19-16(21(24)26)7-3-9-18(19)25(20(15)17)12-14-5-1-4-13(10-14)11-23/h1-5,7-10H,12H2,(H2,24,26). The summed E-state index contributed by atoms with van der Waals surface area (Å²) in [6.45, 7) is 0.354. The smallest absolute Gasteiger partial charge is 0.249 e. The Morgan fingerprint density at radius 3 is 2.81 bits per heavy atom. The summed E-state index contributed by atoms with van der Waals surface area (Å²) in [6.07, 6.45) is 0. The van der Waals surface area contributed by atoms with Gasteiger partial charge in [-0.2, -0.15) is 5.26 Å². The van der Waals surface area contributed by atoms with Crippen LogP contribution in [0.3, 0.4) is 0 Å². The number of amides is 1. The van der Waals surface area contributed by atoms with Crippen LogP contribution in [0.2, 0.25) is 0 Å². The molecule has 3 aromatic carbocycles. The van der Waals surface area contributed by atoms with Gasteiger partial charge in [0, 0.05) is 22.9 Å². The largest absolute Gasteiger partial charge is 0.366 e. The van der Waals surface area contributed by atoms with E-state index in [2.05, 4.69) is 12.1 Å². The minimum atomic E-state index is -0.571. The van der Waals surface area contributed by atoms with Crippen LogP contribution in [0.5, 0.6) is 0 Å². The molecule has 0 saturated heterocycles. The van der Waals surface area contributed by atoms with Crippen LogP contribution in [0.25, 0.3) is 21.8 Å². The average Bonchev–Trinajstić information content (AvgIpc) is 2.97. The predicted molar refractivity (Wildman–Crippen MR) is 97.0 cm³/mol. The summed E-state index contributed by atoms with van der Waals surface area (Å²) in [4.78, 5) is 11.9. The van der Waals surface area contributed by atoms with Crippen molar-refractivity contribution < 1.29 is 9.18 Å². The van der Waals surface area contributed by atoms with E-state index in [4.69, 9.17) is 11.0 Å². The van der Waals surface area contributed by atoms with Gasteiger partial charge >= 0.3 is 0 Å². The molecule has 0 aliphatic rings. The van der Waals surface area contributed by atoms with Crippen molar-refractivity contribution in [2.24, 2.45) is 5.73 Å². The number of nitrogens with two attached hydrogens (primary N) is 1. The molecule has 4 nitrogen and oxygen atoms in total. The third kappa shape index (κ3) is 2.40. The molecule has 0 fully saturated rings. The Labute approximate surface area is 148 Å². The molecule has 1 radical (unpaired) electrons. The van der Waals surface area contributed by atoms with E-state index in [-0.39, 0.29) is 0 Å². The molecule has 2 N–H and O–H groups in total. The van der Waals surface area contributed by atoms with E-state index in [0.29, 0.717) is 39.5 Å². The molecule has 4 rings (SSSR count). The van der Waals surface area contributed by atoms with Gasteiger partial charge in [-0.3, -0.25) is 4.79 Å². The van der Waals surface area contributed by atoms with Crippen molar-refractivity contribution in [1.82, 2.24) is 4.57 Å². The Bertz CT molecular complexity index is 1220. The zero-order chi connectivity index (χ0) is 18.3. The fraction of sp³-hybridized carbons (Fsp3) is 0.0476. The number of nitriles is 1. The van der Waals surface area contributed by atoms with Gasteiger partial charge in [-0.15, -0.1) is 0 Å². The van der Waals surface area contributed by atoms with Gasteiger partial charge in [-0.1, -0.05) is 24.3 Å². The number of halogens is 1. The highest BCUT2D eigenvalue weighted by atomic mass is 19.1. The molecule has 0 spiro atoms. The number of fused-ring (bicyclic) bond motifs is 3. The molecule has 0 aliphatic carbocycles. The summed E-state index contributed by atoms with van der Waals surface area (Å²) in [5.74, 6) is -0.972. The van der Waals surface area contributed by atoms with E-state index in [1.54, 1.807) is 34.9 Å². The van der Waals surface area contributed by atoms with Gasteiger partial charge in [0.1, 0.15) is 5.82 Å². The van der Waals surface area contributed by atoms with Gasteiger partial charge < -0.3 is 10.3 Å². The quantitative estimate of drug-likeness (QED) is 0.616. The molecular formula is C21H13FN3O. The number of hydrogen-bond acceptors (Lipinski definition) is 2. The Balaban J connectivity index is 2.05. The molecule has 0 aliphatic heterocycles.